The second kappa shape index (κ2) is 5.91. The van der Waals surface area contributed by atoms with Gasteiger partial charge in [0.25, 0.3) is 5.56 Å². The number of hydrogen-bond acceptors (Lipinski definition) is 5. The Bertz CT molecular complexity index is 685. The summed E-state index contributed by atoms with van der Waals surface area (Å²) in [5.41, 5.74) is 1.22. The number of fused-ring (bicyclic) bond motifs is 1. The second-order valence-electron chi connectivity index (χ2n) is 5.59. The lowest BCUT2D eigenvalue weighted by Crippen LogP contribution is -2.30. The molecule has 2 aromatic rings. The van der Waals surface area contributed by atoms with Gasteiger partial charge in [-0.1, -0.05) is 6.92 Å². The Morgan fingerprint density at radius 2 is 2.19 bits per heavy atom. The maximum atomic E-state index is 12.0. The van der Waals surface area contributed by atoms with Gasteiger partial charge in [-0.3, -0.25) is 14.3 Å². The molecule has 0 bridgehead atoms. The maximum absolute atomic E-state index is 12.0. The monoisotopic (exact) mass is 288 g/mol. The summed E-state index contributed by atoms with van der Waals surface area (Å²) >= 11 is 0. The molecule has 112 valence electrons. The van der Waals surface area contributed by atoms with Gasteiger partial charge in [0.05, 0.1) is 12.3 Å². The molecule has 0 saturated carbocycles. The lowest BCUT2D eigenvalue weighted by Gasteiger charge is -2.16. The number of aliphatic hydroxyl groups excluding tert-OH is 1. The molecule has 3 rings (SSSR count). The predicted molar refractivity (Wildman–Crippen MR) is 80.0 cm³/mol. The van der Waals surface area contributed by atoms with Crippen LogP contribution >= 0.6 is 0 Å². The fourth-order valence-electron chi connectivity index (χ4n) is 2.98. The number of hydrogen-bond donors (Lipinski definition) is 1. The Balaban J connectivity index is 1.77. The molecule has 0 aliphatic carbocycles. The smallest absolute Gasteiger partial charge is 0.270 e. The number of β-amino-alcohol motifs (C(OH)–C–C–N with tert-alkyl or cyclic N) is 1. The number of aromatic nitrogens is 3. The minimum absolute atomic E-state index is 0.131. The van der Waals surface area contributed by atoms with Gasteiger partial charge in [-0.15, -0.1) is 0 Å². The average molecular weight is 288 g/mol. The molecule has 1 aliphatic rings. The third kappa shape index (κ3) is 2.82. The van der Waals surface area contributed by atoms with E-state index >= 15 is 0 Å². The van der Waals surface area contributed by atoms with E-state index in [-0.39, 0.29) is 11.7 Å². The van der Waals surface area contributed by atoms with Crippen molar-refractivity contribution in [3.63, 3.8) is 0 Å². The van der Waals surface area contributed by atoms with Crippen LogP contribution in [0.5, 0.6) is 0 Å². The van der Waals surface area contributed by atoms with Gasteiger partial charge in [0.15, 0.2) is 5.65 Å². The SMILES string of the molecule is CCC1CN(CCn2c(=O)cnc3cccnc32)CC1O. The molecule has 1 aliphatic heterocycles. The van der Waals surface area contributed by atoms with Crippen molar-refractivity contribution in [2.24, 2.45) is 5.92 Å². The third-order valence-electron chi connectivity index (χ3n) is 4.25. The minimum atomic E-state index is -0.251. The minimum Gasteiger partial charge on any atom is -0.391 e. The highest BCUT2D eigenvalue weighted by Gasteiger charge is 2.29. The van der Waals surface area contributed by atoms with Gasteiger partial charge in [0.1, 0.15) is 5.52 Å². The normalized spacial score (nSPS) is 23.0. The molecule has 3 heterocycles. The number of pyridine rings is 1. The van der Waals surface area contributed by atoms with Crippen molar-refractivity contribution in [3.05, 3.63) is 34.9 Å². The molecule has 2 unspecified atom stereocenters. The van der Waals surface area contributed by atoms with Crippen LogP contribution in [0, 0.1) is 5.92 Å². The number of likely N-dealkylation sites (tertiary alicyclic amines) is 1. The van der Waals surface area contributed by atoms with E-state index in [4.69, 9.17) is 0 Å². The first-order chi connectivity index (χ1) is 10.2. The molecule has 0 aromatic carbocycles. The standard InChI is InChI=1S/C15H20N4O2/c1-2-11-9-18(10-13(11)20)6-7-19-14(21)8-17-12-4-3-5-16-15(12)19/h3-5,8,11,13,20H,2,6-7,9-10H2,1H3. The number of rotatable bonds is 4. The summed E-state index contributed by atoms with van der Waals surface area (Å²) < 4.78 is 1.66. The Morgan fingerprint density at radius 3 is 2.95 bits per heavy atom. The highest BCUT2D eigenvalue weighted by Crippen LogP contribution is 2.19. The van der Waals surface area contributed by atoms with E-state index < -0.39 is 0 Å². The lowest BCUT2D eigenvalue weighted by molar-refractivity contribution is 0.139. The van der Waals surface area contributed by atoms with Crippen molar-refractivity contribution < 1.29 is 5.11 Å². The van der Waals surface area contributed by atoms with Crippen molar-refractivity contribution in [1.82, 2.24) is 19.4 Å². The molecule has 0 radical (unpaired) electrons. The van der Waals surface area contributed by atoms with Crippen molar-refractivity contribution >= 4 is 11.2 Å². The van der Waals surface area contributed by atoms with E-state index in [0.717, 1.165) is 25.0 Å². The summed E-state index contributed by atoms with van der Waals surface area (Å²) in [6.07, 6.45) is 3.75. The molecule has 0 amide bonds. The molecule has 6 nitrogen and oxygen atoms in total. The summed E-state index contributed by atoms with van der Waals surface area (Å²) in [7, 11) is 0. The largest absolute Gasteiger partial charge is 0.391 e. The van der Waals surface area contributed by atoms with Crippen LogP contribution < -0.4 is 5.56 Å². The molecular weight excluding hydrogens is 268 g/mol. The van der Waals surface area contributed by atoms with E-state index in [2.05, 4.69) is 21.8 Å². The van der Waals surface area contributed by atoms with Crippen LogP contribution in [0.3, 0.4) is 0 Å². The second-order valence-corrected chi connectivity index (χ2v) is 5.59. The van der Waals surface area contributed by atoms with E-state index in [0.29, 0.717) is 24.7 Å². The highest BCUT2D eigenvalue weighted by molar-refractivity contribution is 5.69. The fraction of sp³-hybridized carbons (Fsp3) is 0.533. The zero-order valence-corrected chi connectivity index (χ0v) is 12.1. The van der Waals surface area contributed by atoms with Crippen LogP contribution in [0.1, 0.15) is 13.3 Å². The van der Waals surface area contributed by atoms with Gasteiger partial charge in [-0.2, -0.15) is 0 Å². The molecule has 1 N–H and O–H groups in total. The predicted octanol–water partition coefficient (Wildman–Crippen LogP) is 0.494. The molecule has 0 spiro atoms. The van der Waals surface area contributed by atoms with Crippen LogP contribution in [0.2, 0.25) is 0 Å². The van der Waals surface area contributed by atoms with E-state index in [1.807, 2.05) is 12.1 Å². The van der Waals surface area contributed by atoms with Gasteiger partial charge in [-0.25, -0.2) is 9.97 Å². The quantitative estimate of drug-likeness (QED) is 0.887. The summed E-state index contributed by atoms with van der Waals surface area (Å²) in [6, 6.07) is 3.66. The van der Waals surface area contributed by atoms with Crippen molar-refractivity contribution in [3.8, 4) is 0 Å². The van der Waals surface area contributed by atoms with E-state index in [9.17, 15) is 9.90 Å². The van der Waals surface area contributed by atoms with Crippen LogP contribution in [0.4, 0.5) is 0 Å². The molecular formula is C15H20N4O2. The third-order valence-corrected chi connectivity index (χ3v) is 4.25. The highest BCUT2D eigenvalue weighted by atomic mass is 16.3. The number of nitrogens with zero attached hydrogens (tertiary/aromatic N) is 4. The Hall–Kier alpha value is -1.79. The van der Waals surface area contributed by atoms with Gasteiger partial charge in [0.2, 0.25) is 0 Å². The lowest BCUT2D eigenvalue weighted by atomic mass is 10.0. The van der Waals surface area contributed by atoms with E-state index in [1.165, 1.54) is 6.20 Å². The van der Waals surface area contributed by atoms with Crippen LogP contribution in [0.25, 0.3) is 11.2 Å². The molecule has 2 aromatic heterocycles. The van der Waals surface area contributed by atoms with Crippen molar-refractivity contribution in [1.29, 1.82) is 0 Å². The average Bonchev–Trinajstić information content (AvgIpc) is 2.86. The van der Waals surface area contributed by atoms with Crippen LogP contribution in [-0.2, 0) is 6.54 Å². The van der Waals surface area contributed by atoms with Gasteiger partial charge < -0.3 is 5.11 Å². The zero-order chi connectivity index (χ0) is 14.8. The summed E-state index contributed by atoms with van der Waals surface area (Å²) in [5.74, 6) is 0.342. The molecule has 21 heavy (non-hydrogen) atoms. The van der Waals surface area contributed by atoms with Gasteiger partial charge in [0, 0.05) is 32.4 Å². The Morgan fingerprint density at radius 1 is 1.33 bits per heavy atom. The first-order valence-electron chi connectivity index (χ1n) is 7.40. The first kappa shape index (κ1) is 14.2. The molecule has 1 fully saturated rings. The first-order valence-corrected chi connectivity index (χ1v) is 7.40. The Labute approximate surface area is 123 Å². The van der Waals surface area contributed by atoms with Crippen LogP contribution in [0.15, 0.2) is 29.3 Å². The zero-order valence-electron chi connectivity index (χ0n) is 12.1. The summed E-state index contributed by atoms with van der Waals surface area (Å²) in [4.78, 5) is 22.6. The topological polar surface area (TPSA) is 71.2 Å². The Kier molecular flexibility index (Phi) is 3.98. The molecule has 2 atom stereocenters. The fourth-order valence-corrected chi connectivity index (χ4v) is 2.98. The summed E-state index contributed by atoms with van der Waals surface area (Å²) in [5, 5.41) is 9.95. The maximum Gasteiger partial charge on any atom is 0.270 e. The van der Waals surface area contributed by atoms with E-state index in [1.54, 1.807) is 10.8 Å². The van der Waals surface area contributed by atoms with Gasteiger partial charge in [-0.05, 0) is 24.5 Å². The molecule has 1 saturated heterocycles. The van der Waals surface area contributed by atoms with Crippen molar-refractivity contribution in [2.75, 3.05) is 19.6 Å². The summed E-state index contributed by atoms with van der Waals surface area (Å²) in [6.45, 7) is 4.98. The number of aliphatic hydroxyl groups is 1. The van der Waals surface area contributed by atoms with Gasteiger partial charge >= 0.3 is 0 Å². The molecule has 6 heteroatoms. The van der Waals surface area contributed by atoms with Crippen molar-refractivity contribution in [2.45, 2.75) is 26.0 Å². The van der Waals surface area contributed by atoms with Crippen LogP contribution in [-0.4, -0.2) is 50.3 Å².